The summed E-state index contributed by atoms with van der Waals surface area (Å²) >= 11 is 0. The zero-order valence-electron chi connectivity index (χ0n) is 7.94. The van der Waals surface area contributed by atoms with Crippen molar-refractivity contribution in [2.75, 3.05) is 33.0 Å². The van der Waals surface area contributed by atoms with Crippen molar-refractivity contribution in [3.8, 4) is 0 Å². The number of alkyl halides is 1. The average Bonchev–Trinajstić information content (AvgIpc) is 2.10. The first kappa shape index (κ1) is 11.8. The fourth-order valence-corrected chi connectivity index (χ4v) is 0.810. The predicted octanol–water partition coefficient (Wildman–Crippen LogP) is 1.75. The van der Waals surface area contributed by atoms with Crippen molar-refractivity contribution in [1.82, 2.24) is 5.32 Å². The van der Waals surface area contributed by atoms with Gasteiger partial charge in [-0.2, -0.15) is 0 Å². The number of unbranched alkanes of at least 4 members (excludes halogenated alkanes) is 1. The third kappa shape index (κ3) is 9.85. The van der Waals surface area contributed by atoms with Gasteiger partial charge in [0.25, 0.3) is 0 Å². The fourth-order valence-electron chi connectivity index (χ4n) is 0.810. The third-order valence-corrected chi connectivity index (χ3v) is 1.55. The highest BCUT2D eigenvalue weighted by Gasteiger charge is 1.88. The quantitative estimate of drug-likeness (QED) is 0.542. The maximum absolute atomic E-state index is 11.6. The summed E-state index contributed by atoms with van der Waals surface area (Å²) in [4.78, 5) is 0. The van der Waals surface area contributed by atoms with Crippen LogP contribution in [0.25, 0.3) is 0 Å². The molecular weight excluding hydrogens is 157 g/mol. The highest BCUT2D eigenvalue weighted by molar-refractivity contribution is 4.45. The lowest BCUT2D eigenvalue weighted by molar-refractivity contribution is 0.133. The van der Waals surface area contributed by atoms with E-state index in [0.29, 0.717) is 6.42 Å². The van der Waals surface area contributed by atoms with Crippen molar-refractivity contribution in [2.45, 2.75) is 26.2 Å². The van der Waals surface area contributed by atoms with Crippen LogP contribution in [0.5, 0.6) is 0 Å². The smallest absolute Gasteiger partial charge is 0.0906 e. The lowest BCUT2D eigenvalue weighted by atomic mass is 10.4. The van der Waals surface area contributed by atoms with Gasteiger partial charge in [-0.25, -0.2) is 0 Å². The van der Waals surface area contributed by atoms with E-state index < -0.39 is 0 Å². The molecule has 0 unspecified atom stereocenters. The van der Waals surface area contributed by atoms with Gasteiger partial charge in [-0.3, -0.25) is 4.39 Å². The number of nitrogens with one attached hydrogen (secondary N) is 1. The van der Waals surface area contributed by atoms with E-state index in [1.54, 1.807) is 0 Å². The average molecular weight is 177 g/mol. The standard InChI is InChI=1S/C9H20FNO/c1-2-3-8-12-9-7-11-6-4-5-10/h11H,2-9H2,1H3. The molecule has 0 spiro atoms. The number of rotatable bonds is 9. The Morgan fingerprint density at radius 1 is 1.17 bits per heavy atom. The molecule has 0 rings (SSSR count). The third-order valence-electron chi connectivity index (χ3n) is 1.55. The second kappa shape index (κ2) is 10.8. The second-order valence-corrected chi connectivity index (χ2v) is 2.76. The molecule has 0 aromatic carbocycles. The molecule has 0 aromatic heterocycles. The first-order valence-corrected chi connectivity index (χ1v) is 4.76. The topological polar surface area (TPSA) is 21.3 Å². The molecule has 0 aliphatic rings. The molecule has 0 fully saturated rings. The van der Waals surface area contributed by atoms with Gasteiger partial charge < -0.3 is 10.1 Å². The van der Waals surface area contributed by atoms with Gasteiger partial charge >= 0.3 is 0 Å². The second-order valence-electron chi connectivity index (χ2n) is 2.76. The molecule has 0 saturated carbocycles. The monoisotopic (exact) mass is 177 g/mol. The van der Waals surface area contributed by atoms with Crippen LogP contribution in [0.15, 0.2) is 0 Å². The molecule has 0 amide bonds. The first-order valence-electron chi connectivity index (χ1n) is 4.76. The minimum absolute atomic E-state index is 0.232. The van der Waals surface area contributed by atoms with E-state index in [9.17, 15) is 4.39 Å². The van der Waals surface area contributed by atoms with Crippen LogP contribution in [0.3, 0.4) is 0 Å². The van der Waals surface area contributed by atoms with Crippen LogP contribution in [-0.4, -0.2) is 33.0 Å². The van der Waals surface area contributed by atoms with Gasteiger partial charge in [-0.1, -0.05) is 13.3 Å². The van der Waals surface area contributed by atoms with Crippen LogP contribution < -0.4 is 5.32 Å². The summed E-state index contributed by atoms with van der Waals surface area (Å²) < 4.78 is 16.9. The molecule has 0 aliphatic heterocycles. The summed E-state index contributed by atoms with van der Waals surface area (Å²) in [6.45, 7) is 5.09. The van der Waals surface area contributed by atoms with E-state index in [2.05, 4.69) is 12.2 Å². The Hall–Kier alpha value is -0.150. The van der Waals surface area contributed by atoms with Crippen molar-refractivity contribution in [3.05, 3.63) is 0 Å². The zero-order valence-corrected chi connectivity index (χ0v) is 7.94. The van der Waals surface area contributed by atoms with Crippen molar-refractivity contribution < 1.29 is 9.13 Å². The maximum atomic E-state index is 11.6. The van der Waals surface area contributed by atoms with E-state index in [1.807, 2.05) is 0 Å². The van der Waals surface area contributed by atoms with Crippen LogP contribution in [0, 0.1) is 0 Å². The lowest BCUT2D eigenvalue weighted by Crippen LogP contribution is -2.21. The molecule has 0 bridgehead atoms. The van der Waals surface area contributed by atoms with Crippen molar-refractivity contribution >= 4 is 0 Å². The number of hydrogen-bond donors (Lipinski definition) is 1. The molecule has 0 saturated heterocycles. The van der Waals surface area contributed by atoms with E-state index in [-0.39, 0.29) is 6.67 Å². The Balaban J connectivity index is 2.73. The van der Waals surface area contributed by atoms with Gasteiger partial charge in [0.05, 0.1) is 13.3 Å². The maximum Gasteiger partial charge on any atom is 0.0906 e. The molecule has 0 heterocycles. The summed E-state index contributed by atoms with van der Waals surface area (Å²) in [5.41, 5.74) is 0. The van der Waals surface area contributed by atoms with E-state index in [0.717, 1.165) is 32.7 Å². The Morgan fingerprint density at radius 3 is 2.67 bits per heavy atom. The molecule has 1 N–H and O–H groups in total. The van der Waals surface area contributed by atoms with Gasteiger partial charge in [0.15, 0.2) is 0 Å². The van der Waals surface area contributed by atoms with Crippen LogP contribution in [0.4, 0.5) is 4.39 Å². The number of halogens is 1. The van der Waals surface area contributed by atoms with Crippen LogP contribution in [0.1, 0.15) is 26.2 Å². The van der Waals surface area contributed by atoms with Gasteiger partial charge in [-0.15, -0.1) is 0 Å². The van der Waals surface area contributed by atoms with E-state index in [1.165, 1.54) is 6.42 Å². The SMILES string of the molecule is CCCCOCCNCCCF. The van der Waals surface area contributed by atoms with Crippen LogP contribution >= 0.6 is 0 Å². The lowest BCUT2D eigenvalue weighted by Gasteiger charge is -2.03. The largest absolute Gasteiger partial charge is 0.380 e. The van der Waals surface area contributed by atoms with Crippen molar-refractivity contribution in [3.63, 3.8) is 0 Å². The minimum Gasteiger partial charge on any atom is -0.380 e. The highest BCUT2D eigenvalue weighted by atomic mass is 19.1. The highest BCUT2D eigenvalue weighted by Crippen LogP contribution is 1.86. The molecule has 2 nitrogen and oxygen atoms in total. The van der Waals surface area contributed by atoms with Gasteiger partial charge in [0, 0.05) is 13.2 Å². The fraction of sp³-hybridized carbons (Fsp3) is 1.00. The number of ether oxygens (including phenoxy) is 1. The van der Waals surface area contributed by atoms with Gasteiger partial charge in [0.2, 0.25) is 0 Å². The Morgan fingerprint density at radius 2 is 2.00 bits per heavy atom. The minimum atomic E-state index is -0.232. The molecular formula is C9H20FNO. The molecule has 12 heavy (non-hydrogen) atoms. The van der Waals surface area contributed by atoms with Crippen molar-refractivity contribution in [1.29, 1.82) is 0 Å². The van der Waals surface area contributed by atoms with Gasteiger partial charge in [0.1, 0.15) is 0 Å². The van der Waals surface area contributed by atoms with Crippen LogP contribution in [-0.2, 0) is 4.74 Å². The summed E-state index contributed by atoms with van der Waals surface area (Å²) in [7, 11) is 0. The Labute approximate surface area is 74.5 Å². The Kier molecular flexibility index (Phi) is 10.7. The van der Waals surface area contributed by atoms with E-state index in [4.69, 9.17) is 4.74 Å². The van der Waals surface area contributed by atoms with Crippen LogP contribution in [0.2, 0.25) is 0 Å². The summed E-state index contributed by atoms with van der Waals surface area (Å²) in [5, 5.41) is 3.10. The molecule has 0 atom stereocenters. The van der Waals surface area contributed by atoms with Crippen molar-refractivity contribution in [2.24, 2.45) is 0 Å². The number of hydrogen-bond acceptors (Lipinski definition) is 2. The summed E-state index contributed by atoms with van der Waals surface area (Å²) in [6, 6.07) is 0. The first-order chi connectivity index (χ1) is 5.91. The molecule has 0 aliphatic carbocycles. The normalized spacial score (nSPS) is 10.5. The molecule has 0 aromatic rings. The summed E-state index contributed by atoms with van der Waals surface area (Å²) in [6.07, 6.45) is 2.91. The summed E-state index contributed by atoms with van der Waals surface area (Å²) in [5.74, 6) is 0. The molecule has 0 radical (unpaired) electrons. The zero-order chi connectivity index (χ0) is 9.07. The van der Waals surface area contributed by atoms with E-state index >= 15 is 0 Å². The molecule has 74 valence electrons. The Bertz CT molecular complexity index is 70.9. The predicted molar refractivity (Wildman–Crippen MR) is 49.2 cm³/mol. The molecule has 3 heteroatoms. The van der Waals surface area contributed by atoms with Gasteiger partial charge in [-0.05, 0) is 19.4 Å².